The molecule has 0 fully saturated rings. The van der Waals surface area contributed by atoms with Crippen LogP contribution >= 0.6 is 0 Å². The number of hydrogen-bond donors (Lipinski definition) is 3. The van der Waals surface area contributed by atoms with Crippen LogP contribution < -0.4 is 11.1 Å². The summed E-state index contributed by atoms with van der Waals surface area (Å²) in [6.45, 7) is 1.54. The first kappa shape index (κ1) is 25.5. The van der Waals surface area contributed by atoms with Crippen LogP contribution in [0.1, 0.15) is 29.4 Å². The number of nitrogens with one attached hydrogen (secondary N) is 1. The molecule has 1 amide bonds. The molecule has 0 spiro atoms. The first-order valence-electron chi connectivity index (χ1n) is 9.06. The first-order valence-corrected chi connectivity index (χ1v) is 10.5. The number of nitrogens with two attached hydrogens (primary N) is 1. The van der Waals surface area contributed by atoms with Crippen LogP contribution in [0.15, 0.2) is 40.3 Å². The Hall–Kier alpha value is -2.77. The molecule has 0 radical (unpaired) electrons. The van der Waals surface area contributed by atoms with Gasteiger partial charge in [0.25, 0.3) is 5.91 Å². The van der Waals surface area contributed by atoms with Crippen LogP contribution in [0.2, 0.25) is 0 Å². The smallest absolute Gasteiger partial charge is 0.397 e. The van der Waals surface area contributed by atoms with Gasteiger partial charge in [0, 0.05) is 32.9 Å². The van der Waals surface area contributed by atoms with E-state index in [1.165, 1.54) is 14.0 Å². The van der Waals surface area contributed by atoms with Crippen molar-refractivity contribution in [2.45, 2.75) is 34.9 Å². The zero-order chi connectivity index (χ0) is 24.3. The Morgan fingerprint density at radius 2 is 1.94 bits per heavy atom. The number of alkyl halides is 3. The Labute approximate surface area is 181 Å². The molecule has 4 N–H and O–H groups in total. The number of nitrogen functional groups attached to an aromatic ring is 1. The number of ether oxygens (including phenoxy) is 1. The Morgan fingerprint density at radius 1 is 1.28 bits per heavy atom. The van der Waals surface area contributed by atoms with E-state index in [2.05, 4.69) is 10.3 Å². The van der Waals surface area contributed by atoms with E-state index < -0.39 is 48.7 Å². The van der Waals surface area contributed by atoms with Gasteiger partial charge in [-0.05, 0) is 31.2 Å². The summed E-state index contributed by atoms with van der Waals surface area (Å²) in [4.78, 5) is 14.4. The topological polar surface area (TPSA) is 132 Å². The summed E-state index contributed by atoms with van der Waals surface area (Å²) in [5.74, 6) is -2.40. The molecular formula is C19H21F4N3O5S. The number of aliphatic hydroxyl groups is 1. The average molecular weight is 479 g/mol. The van der Waals surface area contributed by atoms with Crippen LogP contribution in [0.4, 0.5) is 23.2 Å². The van der Waals surface area contributed by atoms with Crippen molar-refractivity contribution in [3.05, 3.63) is 47.5 Å². The molecule has 0 saturated heterocycles. The fourth-order valence-corrected chi connectivity index (χ4v) is 3.88. The summed E-state index contributed by atoms with van der Waals surface area (Å²) in [5, 5.41) is 12.6. The van der Waals surface area contributed by atoms with Gasteiger partial charge in [-0.1, -0.05) is 0 Å². The third kappa shape index (κ3) is 5.93. The lowest BCUT2D eigenvalue weighted by Gasteiger charge is -2.23. The van der Waals surface area contributed by atoms with E-state index in [1.807, 2.05) is 0 Å². The van der Waals surface area contributed by atoms with E-state index in [-0.39, 0.29) is 37.0 Å². The lowest BCUT2D eigenvalue weighted by atomic mass is 10.0. The minimum Gasteiger partial charge on any atom is -0.397 e. The fraction of sp³-hybridized carbons (Fsp3) is 0.368. The number of anilines is 1. The summed E-state index contributed by atoms with van der Waals surface area (Å²) in [6, 6.07) is 1.84. The lowest BCUT2D eigenvalue weighted by molar-refractivity contribution is -0.137. The van der Waals surface area contributed by atoms with Gasteiger partial charge in [0.2, 0.25) is 9.84 Å². The quantitative estimate of drug-likeness (QED) is 0.495. The molecule has 176 valence electrons. The highest BCUT2D eigenvalue weighted by atomic mass is 32.2. The maximum absolute atomic E-state index is 14.1. The number of hydrogen-bond acceptors (Lipinski definition) is 7. The molecule has 13 heteroatoms. The Morgan fingerprint density at radius 3 is 2.47 bits per heavy atom. The highest BCUT2D eigenvalue weighted by molar-refractivity contribution is 7.91. The molecule has 1 aromatic carbocycles. The standard InChI is InChI=1S/C19H21F4N3O5S/c1-18(28,5-6-31-2)10-26-17(27)16-14(24)8-12(9-25-16)32(29,30)15-4-3-11(7-13(15)20)19(21,22)23/h3-4,7-9,28H,5-6,10,24H2,1-2H3,(H,26,27). The summed E-state index contributed by atoms with van der Waals surface area (Å²) in [5.41, 5.74) is 2.37. The Bertz CT molecular complexity index is 1100. The third-order valence-corrected chi connectivity index (χ3v) is 6.19. The second-order valence-corrected chi connectivity index (χ2v) is 9.10. The molecule has 8 nitrogen and oxygen atoms in total. The van der Waals surface area contributed by atoms with Crippen LogP contribution in [0.3, 0.4) is 0 Å². The molecule has 1 heterocycles. The molecule has 1 aromatic heterocycles. The largest absolute Gasteiger partial charge is 0.416 e. The number of halogens is 4. The van der Waals surface area contributed by atoms with E-state index in [0.29, 0.717) is 12.1 Å². The number of carbonyl (C=O) groups excluding carboxylic acids is 1. The molecule has 2 rings (SSSR count). The van der Waals surface area contributed by atoms with Gasteiger partial charge in [-0.15, -0.1) is 0 Å². The van der Waals surface area contributed by atoms with Gasteiger partial charge in [-0.3, -0.25) is 4.79 Å². The van der Waals surface area contributed by atoms with Crippen LogP contribution in [-0.2, 0) is 20.8 Å². The van der Waals surface area contributed by atoms with Crippen LogP contribution in [0.5, 0.6) is 0 Å². The number of amides is 1. The van der Waals surface area contributed by atoms with Gasteiger partial charge in [0.05, 0.1) is 21.7 Å². The molecule has 0 saturated carbocycles. The molecular weight excluding hydrogens is 458 g/mol. The third-order valence-electron chi connectivity index (χ3n) is 4.44. The zero-order valence-corrected chi connectivity index (χ0v) is 17.8. The number of pyridine rings is 1. The van der Waals surface area contributed by atoms with E-state index in [1.54, 1.807) is 0 Å². The minimum atomic E-state index is -4.85. The highest BCUT2D eigenvalue weighted by Crippen LogP contribution is 2.32. The van der Waals surface area contributed by atoms with Gasteiger partial charge in [-0.2, -0.15) is 13.2 Å². The highest BCUT2D eigenvalue weighted by Gasteiger charge is 2.33. The van der Waals surface area contributed by atoms with E-state index >= 15 is 0 Å². The number of nitrogens with zero attached hydrogens (tertiary/aromatic N) is 1. The van der Waals surface area contributed by atoms with Gasteiger partial charge in [0.15, 0.2) is 5.69 Å². The average Bonchev–Trinajstić information content (AvgIpc) is 2.69. The number of carbonyl (C=O) groups is 1. The van der Waals surface area contributed by atoms with Crippen molar-refractivity contribution in [3.63, 3.8) is 0 Å². The van der Waals surface area contributed by atoms with Gasteiger partial charge < -0.3 is 20.9 Å². The summed E-state index contributed by atoms with van der Waals surface area (Å²) in [7, 11) is -3.16. The molecule has 1 unspecified atom stereocenters. The van der Waals surface area contributed by atoms with Crippen molar-refractivity contribution >= 4 is 21.4 Å². The maximum Gasteiger partial charge on any atom is 0.416 e. The second-order valence-electron chi connectivity index (χ2n) is 7.18. The minimum absolute atomic E-state index is 0.0704. The number of benzene rings is 1. The van der Waals surface area contributed by atoms with Crippen molar-refractivity contribution in [2.75, 3.05) is 26.0 Å². The van der Waals surface area contributed by atoms with Crippen molar-refractivity contribution < 1.29 is 40.6 Å². The normalized spacial score (nSPS) is 14.1. The summed E-state index contributed by atoms with van der Waals surface area (Å²) >= 11 is 0. The number of rotatable bonds is 8. The monoisotopic (exact) mass is 479 g/mol. The van der Waals surface area contributed by atoms with E-state index in [9.17, 15) is 35.9 Å². The fourth-order valence-electron chi connectivity index (χ4n) is 2.59. The number of methoxy groups -OCH3 is 1. The van der Waals surface area contributed by atoms with Crippen LogP contribution in [0.25, 0.3) is 0 Å². The predicted molar refractivity (Wildman–Crippen MR) is 105 cm³/mol. The first-order chi connectivity index (χ1) is 14.7. The molecule has 0 aliphatic carbocycles. The Balaban J connectivity index is 2.26. The SMILES string of the molecule is COCCC(C)(O)CNC(=O)c1ncc(S(=O)(=O)c2ccc(C(F)(F)F)cc2F)cc1N. The van der Waals surface area contributed by atoms with Gasteiger partial charge in [-0.25, -0.2) is 17.8 Å². The lowest BCUT2D eigenvalue weighted by Crippen LogP contribution is -2.41. The van der Waals surface area contributed by atoms with Crippen molar-refractivity contribution in [3.8, 4) is 0 Å². The maximum atomic E-state index is 14.1. The van der Waals surface area contributed by atoms with Crippen LogP contribution in [-0.4, -0.2) is 50.3 Å². The summed E-state index contributed by atoms with van der Waals surface area (Å²) in [6.07, 6.45) is -3.89. The zero-order valence-electron chi connectivity index (χ0n) is 17.0. The molecule has 0 aliphatic heterocycles. The second kappa shape index (κ2) is 9.38. The number of aromatic nitrogens is 1. The number of sulfone groups is 1. The van der Waals surface area contributed by atoms with Crippen LogP contribution in [0, 0.1) is 5.82 Å². The van der Waals surface area contributed by atoms with E-state index in [4.69, 9.17) is 10.5 Å². The van der Waals surface area contributed by atoms with Gasteiger partial charge in [0.1, 0.15) is 10.7 Å². The van der Waals surface area contributed by atoms with Crippen molar-refractivity contribution in [1.29, 1.82) is 0 Å². The molecule has 2 aromatic rings. The van der Waals surface area contributed by atoms with Crippen molar-refractivity contribution in [1.82, 2.24) is 10.3 Å². The van der Waals surface area contributed by atoms with Gasteiger partial charge >= 0.3 is 6.18 Å². The van der Waals surface area contributed by atoms with Crippen molar-refractivity contribution in [2.24, 2.45) is 0 Å². The molecule has 0 aliphatic rings. The van der Waals surface area contributed by atoms with E-state index in [0.717, 1.165) is 12.3 Å². The molecule has 1 atom stereocenters. The summed E-state index contributed by atoms with van der Waals surface area (Å²) < 4.78 is 82.4. The molecule has 32 heavy (non-hydrogen) atoms. The Kier molecular flexibility index (Phi) is 7.47. The molecule has 0 bridgehead atoms. The predicted octanol–water partition coefficient (Wildman–Crippen LogP) is 2.17.